The molecule has 0 aliphatic heterocycles. The van der Waals surface area contributed by atoms with Crippen LogP contribution in [0.15, 0.2) is 36.4 Å². The van der Waals surface area contributed by atoms with Gasteiger partial charge < -0.3 is 9.47 Å². The van der Waals surface area contributed by atoms with E-state index in [2.05, 4.69) is 11.9 Å². The number of hydrogen-bond donors (Lipinski definition) is 1. The number of nitrogens with one attached hydrogen (secondary N) is 1. The maximum atomic E-state index is 11.9. The molecule has 5 nitrogen and oxygen atoms in total. The van der Waals surface area contributed by atoms with Crippen molar-refractivity contribution in [2.75, 3.05) is 12.4 Å². The van der Waals surface area contributed by atoms with Crippen LogP contribution < -0.4 is 5.32 Å². The molecule has 0 saturated heterocycles. The molecule has 0 aliphatic rings. The van der Waals surface area contributed by atoms with Gasteiger partial charge in [0.25, 0.3) is 0 Å². The maximum Gasteiger partial charge on any atom is 0.412 e. The highest BCUT2D eigenvalue weighted by Crippen LogP contribution is 2.25. The first-order valence-corrected chi connectivity index (χ1v) is 8.61. The standard InChI is InChI=1S/C19H25NO4.C2H6/c1-8-16(13(3)17(21)23-7)14-9-12(2)10-15(11-14)20-18(22)24-19(4,5)6;1-2/h8-11H,1H2,2-7H3,(H,20,22);1-2H3/b16-13-;. The number of benzene rings is 1. The maximum absolute atomic E-state index is 11.9. The molecule has 0 spiro atoms. The summed E-state index contributed by atoms with van der Waals surface area (Å²) in [6.07, 6.45) is 1.06. The fraction of sp³-hybridized carbons (Fsp3) is 0.429. The van der Waals surface area contributed by atoms with E-state index in [-0.39, 0.29) is 0 Å². The van der Waals surface area contributed by atoms with Crippen molar-refractivity contribution in [3.05, 3.63) is 47.6 Å². The molecular weight excluding hydrogens is 330 g/mol. The minimum Gasteiger partial charge on any atom is -0.466 e. The normalized spacial score (nSPS) is 11.4. The Kier molecular flexibility index (Phi) is 9.41. The number of amides is 1. The van der Waals surface area contributed by atoms with Crippen LogP contribution >= 0.6 is 0 Å². The summed E-state index contributed by atoms with van der Waals surface area (Å²) >= 11 is 0. The number of carbonyl (C=O) groups is 2. The number of methoxy groups -OCH3 is 1. The van der Waals surface area contributed by atoms with Crippen LogP contribution in [0.1, 0.15) is 52.7 Å². The van der Waals surface area contributed by atoms with Gasteiger partial charge in [-0.2, -0.15) is 0 Å². The second-order valence-electron chi connectivity index (χ2n) is 6.45. The first kappa shape index (κ1) is 23.4. The van der Waals surface area contributed by atoms with Crippen molar-refractivity contribution in [2.45, 2.75) is 54.1 Å². The molecular formula is C21H31NO4. The highest BCUT2D eigenvalue weighted by Gasteiger charge is 2.17. The number of aryl methyl sites for hydroxylation is 1. The van der Waals surface area contributed by atoms with E-state index >= 15 is 0 Å². The molecule has 0 bridgehead atoms. The van der Waals surface area contributed by atoms with Gasteiger partial charge >= 0.3 is 12.1 Å². The molecule has 0 saturated carbocycles. The summed E-state index contributed by atoms with van der Waals surface area (Å²) in [5.74, 6) is -0.423. The predicted molar refractivity (Wildman–Crippen MR) is 107 cm³/mol. The fourth-order valence-corrected chi connectivity index (χ4v) is 2.18. The van der Waals surface area contributed by atoms with Gasteiger partial charge in [-0.15, -0.1) is 0 Å². The Bertz CT molecular complexity index is 682. The highest BCUT2D eigenvalue weighted by molar-refractivity contribution is 6.00. The Balaban J connectivity index is 0.00000301. The van der Waals surface area contributed by atoms with Gasteiger partial charge in [0.05, 0.1) is 7.11 Å². The second-order valence-corrected chi connectivity index (χ2v) is 6.45. The number of allylic oxidation sites excluding steroid dienone is 2. The van der Waals surface area contributed by atoms with E-state index in [4.69, 9.17) is 9.47 Å². The first-order chi connectivity index (χ1) is 12.1. The van der Waals surface area contributed by atoms with E-state index in [9.17, 15) is 9.59 Å². The number of ether oxygens (including phenoxy) is 2. The Morgan fingerprint density at radius 2 is 1.73 bits per heavy atom. The van der Waals surface area contributed by atoms with Crippen molar-refractivity contribution in [1.29, 1.82) is 0 Å². The number of hydrogen-bond acceptors (Lipinski definition) is 4. The lowest BCUT2D eigenvalue weighted by Crippen LogP contribution is -2.27. The molecule has 0 atom stereocenters. The summed E-state index contributed by atoms with van der Waals surface area (Å²) in [5, 5.41) is 2.71. The lowest BCUT2D eigenvalue weighted by molar-refractivity contribution is -0.135. The summed E-state index contributed by atoms with van der Waals surface area (Å²) in [6.45, 7) is 16.7. The highest BCUT2D eigenvalue weighted by atomic mass is 16.6. The van der Waals surface area contributed by atoms with E-state index in [1.54, 1.807) is 39.8 Å². The zero-order valence-electron chi connectivity index (χ0n) is 17.1. The Morgan fingerprint density at radius 1 is 1.15 bits per heavy atom. The molecule has 26 heavy (non-hydrogen) atoms. The zero-order chi connectivity index (χ0) is 20.5. The van der Waals surface area contributed by atoms with Crippen LogP contribution in [-0.2, 0) is 14.3 Å². The summed E-state index contributed by atoms with van der Waals surface area (Å²) in [6, 6.07) is 5.49. The summed E-state index contributed by atoms with van der Waals surface area (Å²) in [4.78, 5) is 23.7. The fourth-order valence-electron chi connectivity index (χ4n) is 2.18. The molecule has 0 fully saturated rings. The lowest BCUT2D eigenvalue weighted by Gasteiger charge is -2.20. The monoisotopic (exact) mass is 361 g/mol. The van der Waals surface area contributed by atoms with Gasteiger partial charge in [-0.1, -0.05) is 32.6 Å². The first-order valence-electron chi connectivity index (χ1n) is 8.61. The number of esters is 1. The Morgan fingerprint density at radius 3 is 2.19 bits per heavy atom. The molecule has 5 heteroatoms. The van der Waals surface area contributed by atoms with Crippen molar-refractivity contribution in [2.24, 2.45) is 0 Å². The minimum atomic E-state index is -0.579. The molecule has 0 aliphatic carbocycles. The Labute approximate surface area is 157 Å². The zero-order valence-corrected chi connectivity index (χ0v) is 17.1. The molecule has 1 rings (SSSR count). The molecule has 0 radical (unpaired) electrons. The van der Waals surface area contributed by atoms with Gasteiger partial charge in [-0.3, -0.25) is 5.32 Å². The van der Waals surface area contributed by atoms with Crippen LogP contribution in [0.25, 0.3) is 5.57 Å². The second kappa shape index (κ2) is 10.4. The van der Waals surface area contributed by atoms with Crippen LogP contribution in [-0.4, -0.2) is 24.8 Å². The smallest absolute Gasteiger partial charge is 0.412 e. The van der Waals surface area contributed by atoms with Gasteiger partial charge in [0.15, 0.2) is 0 Å². The quantitative estimate of drug-likeness (QED) is 0.437. The van der Waals surface area contributed by atoms with Crippen molar-refractivity contribution < 1.29 is 19.1 Å². The van der Waals surface area contributed by atoms with Crippen LogP contribution in [0.5, 0.6) is 0 Å². The van der Waals surface area contributed by atoms with E-state index in [1.807, 2.05) is 32.9 Å². The predicted octanol–water partition coefficient (Wildman–Crippen LogP) is 5.50. The molecule has 1 aromatic carbocycles. The molecule has 1 amide bonds. The average molecular weight is 361 g/mol. The third-order valence-corrected chi connectivity index (χ3v) is 3.13. The van der Waals surface area contributed by atoms with Gasteiger partial charge in [0.1, 0.15) is 5.60 Å². The topological polar surface area (TPSA) is 64.6 Å². The van der Waals surface area contributed by atoms with Crippen LogP contribution in [0.2, 0.25) is 0 Å². The number of carbonyl (C=O) groups excluding carboxylic acids is 2. The van der Waals surface area contributed by atoms with Crippen molar-refractivity contribution >= 4 is 23.3 Å². The third-order valence-electron chi connectivity index (χ3n) is 3.13. The van der Waals surface area contributed by atoms with Gasteiger partial charge in [0.2, 0.25) is 0 Å². The van der Waals surface area contributed by atoms with E-state index < -0.39 is 17.7 Å². The van der Waals surface area contributed by atoms with Crippen LogP contribution in [0, 0.1) is 6.92 Å². The number of anilines is 1. The lowest BCUT2D eigenvalue weighted by atomic mass is 9.98. The van der Waals surface area contributed by atoms with Gasteiger partial charge in [0, 0.05) is 11.3 Å². The van der Waals surface area contributed by atoms with Crippen LogP contribution in [0.4, 0.5) is 10.5 Å². The largest absolute Gasteiger partial charge is 0.466 e. The minimum absolute atomic E-state index is 0.423. The SMILES string of the molecule is C=C/C(=C(\C)C(=O)OC)c1cc(C)cc(NC(=O)OC(C)(C)C)c1.CC. The molecule has 144 valence electrons. The number of rotatable bonds is 4. The summed E-state index contributed by atoms with van der Waals surface area (Å²) in [5.41, 5.74) is 2.79. The van der Waals surface area contributed by atoms with Crippen molar-refractivity contribution in [1.82, 2.24) is 0 Å². The molecule has 0 heterocycles. The van der Waals surface area contributed by atoms with E-state index in [0.29, 0.717) is 16.8 Å². The molecule has 0 unspecified atom stereocenters. The van der Waals surface area contributed by atoms with Crippen molar-refractivity contribution in [3.8, 4) is 0 Å². The molecule has 0 aromatic heterocycles. The van der Waals surface area contributed by atoms with E-state index in [0.717, 1.165) is 11.1 Å². The Hall–Kier alpha value is -2.56. The van der Waals surface area contributed by atoms with Crippen LogP contribution in [0.3, 0.4) is 0 Å². The van der Waals surface area contributed by atoms with Gasteiger partial charge in [-0.25, -0.2) is 9.59 Å². The third kappa shape index (κ3) is 7.55. The average Bonchev–Trinajstić information content (AvgIpc) is 2.54. The van der Waals surface area contributed by atoms with E-state index in [1.165, 1.54) is 7.11 Å². The summed E-state index contributed by atoms with van der Waals surface area (Å²) in [7, 11) is 1.33. The van der Waals surface area contributed by atoms with Gasteiger partial charge in [-0.05, 0) is 63.5 Å². The van der Waals surface area contributed by atoms with Crippen molar-refractivity contribution in [3.63, 3.8) is 0 Å². The molecule has 1 aromatic rings. The molecule has 1 N–H and O–H groups in total. The summed E-state index contributed by atoms with van der Waals surface area (Å²) < 4.78 is 10.0.